The molecule has 1 aromatic rings. The molecule has 0 aliphatic rings. The smallest absolute Gasteiger partial charge is 0.147 e. The molecular formula is C11H22N4O2. The Labute approximate surface area is 102 Å². The lowest BCUT2D eigenvalue weighted by atomic mass is 10.2. The zero-order chi connectivity index (χ0) is 12.8. The average Bonchev–Trinajstić information content (AvgIpc) is 2.53. The fraction of sp³-hybridized carbons (Fsp3) is 0.727. The summed E-state index contributed by atoms with van der Waals surface area (Å²) in [5.41, 5.74) is 7.56. The Hall–Kier alpha value is -1.27. The molecule has 1 atom stereocenters. The zero-order valence-electron chi connectivity index (χ0n) is 10.7. The van der Waals surface area contributed by atoms with Crippen molar-refractivity contribution in [2.45, 2.75) is 25.9 Å². The second-order valence-electron chi connectivity index (χ2n) is 4.07. The number of nitrogens with two attached hydrogens (primary N) is 1. The van der Waals surface area contributed by atoms with Gasteiger partial charge in [0.25, 0.3) is 0 Å². The van der Waals surface area contributed by atoms with Crippen molar-refractivity contribution < 1.29 is 9.84 Å². The molecule has 1 heterocycles. The van der Waals surface area contributed by atoms with Crippen LogP contribution in [0.1, 0.15) is 19.0 Å². The van der Waals surface area contributed by atoms with Crippen LogP contribution in [-0.2, 0) is 18.2 Å². The van der Waals surface area contributed by atoms with Crippen LogP contribution in [0.15, 0.2) is 0 Å². The van der Waals surface area contributed by atoms with Gasteiger partial charge in [-0.05, 0) is 6.42 Å². The molecule has 0 fully saturated rings. The third-order valence-corrected chi connectivity index (χ3v) is 2.51. The maximum atomic E-state index is 9.54. The molecule has 4 N–H and O–H groups in total. The number of nitrogens with zero attached hydrogens (tertiary/aromatic N) is 2. The van der Waals surface area contributed by atoms with Crippen molar-refractivity contribution in [2.75, 3.05) is 31.3 Å². The van der Waals surface area contributed by atoms with E-state index in [1.807, 2.05) is 7.05 Å². The fourth-order valence-electron chi connectivity index (χ4n) is 1.69. The summed E-state index contributed by atoms with van der Waals surface area (Å²) < 4.78 is 6.56. The standard InChI is InChI=1S/C11H22N4O2/c1-4-5-9-10(12)11(15(2)14-9)13-6-8(16)7-17-3/h8,13,16H,4-7,12H2,1-3H3. The number of anilines is 2. The molecule has 0 aromatic carbocycles. The number of aliphatic hydroxyl groups is 1. The quantitative estimate of drug-likeness (QED) is 0.643. The van der Waals surface area contributed by atoms with Crippen molar-refractivity contribution in [3.63, 3.8) is 0 Å². The molecule has 6 heteroatoms. The molecule has 0 aliphatic carbocycles. The summed E-state index contributed by atoms with van der Waals surface area (Å²) in [5.74, 6) is 0.753. The Balaban J connectivity index is 2.64. The highest BCUT2D eigenvalue weighted by Gasteiger charge is 2.13. The van der Waals surface area contributed by atoms with Crippen LogP contribution < -0.4 is 11.1 Å². The van der Waals surface area contributed by atoms with Crippen molar-refractivity contribution in [3.8, 4) is 0 Å². The summed E-state index contributed by atoms with van der Waals surface area (Å²) in [4.78, 5) is 0. The first kappa shape index (κ1) is 13.8. The van der Waals surface area contributed by atoms with Gasteiger partial charge in [-0.2, -0.15) is 5.10 Å². The van der Waals surface area contributed by atoms with Crippen molar-refractivity contribution in [1.82, 2.24) is 9.78 Å². The van der Waals surface area contributed by atoms with E-state index in [1.165, 1.54) is 0 Å². The van der Waals surface area contributed by atoms with Gasteiger partial charge in [-0.25, -0.2) is 0 Å². The lowest BCUT2D eigenvalue weighted by Crippen LogP contribution is -2.25. The monoisotopic (exact) mass is 242 g/mol. The minimum Gasteiger partial charge on any atom is -0.394 e. The number of aliphatic hydroxyl groups excluding tert-OH is 1. The van der Waals surface area contributed by atoms with Gasteiger partial charge in [0.05, 0.1) is 24.1 Å². The summed E-state index contributed by atoms with van der Waals surface area (Å²) >= 11 is 0. The number of aromatic nitrogens is 2. The number of methoxy groups -OCH3 is 1. The maximum absolute atomic E-state index is 9.54. The highest BCUT2D eigenvalue weighted by molar-refractivity contribution is 5.65. The van der Waals surface area contributed by atoms with E-state index in [0.29, 0.717) is 18.8 Å². The SMILES string of the molecule is CCCc1nn(C)c(NCC(O)COC)c1N. The molecular weight excluding hydrogens is 220 g/mol. The first-order valence-corrected chi connectivity index (χ1v) is 5.82. The molecule has 1 unspecified atom stereocenters. The predicted octanol–water partition coefficient (Wildman–Crippen LogP) is 0.374. The minimum atomic E-state index is -0.552. The van der Waals surface area contributed by atoms with Crippen molar-refractivity contribution in [3.05, 3.63) is 5.69 Å². The molecule has 0 saturated carbocycles. The van der Waals surface area contributed by atoms with Crippen molar-refractivity contribution >= 4 is 11.5 Å². The average molecular weight is 242 g/mol. The van der Waals surface area contributed by atoms with Gasteiger partial charge in [0.2, 0.25) is 0 Å². The molecule has 1 aromatic heterocycles. The Bertz CT molecular complexity index is 351. The highest BCUT2D eigenvalue weighted by atomic mass is 16.5. The van der Waals surface area contributed by atoms with E-state index >= 15 is 0 Å². The van der Waals surface area contributed by atoms with Gasteiger partial charge >= 0.3 is 0 Å². The van der Waals surface area contributed by atoms with E-state index in [9.17, 15) is 5.11 Å². The molecule has 0 bridgehead atoms. The topological polar surface area (TPSA) is 85.3 Å². The van der Waals surface area contributed by atoms with Gasteiger partial charge in [-0.15, -0.1) is 0 Å². The molecule has 0 aliphatic heterocycles. The molecule has 17 heavy (non-hydrogen) atoms. The number of hydrogen-bond donors (Lipinski definition) is 3. The fourth-order valence-corrected chi connectivity index (χ4v) is 1.69. The summed E-state index contributed by atoms with van der Waals surface area (Å²) in [6, 6.07) is 0. The molecule has 0 saturated heterocycles. The van der Waals surface area contributed by atoms with Gasteiger partial charge in [-0.3, -0.25) is 4.68 Å². The normalized spacial score (nSPS) is 12.7. The van der Waals surface area contributed by atoms with Gasteiger partial charge in [-0.1, -0.05) is 13.3 Å². The van der Waals surface area contributed by atoms with E-state index < -0.39 is 6.10 Å². The summed E-state index contributed by atoms with van der Waals surface area (Å²) in [7, 11) is 3.39. The largest absolute Gasteiger partial charge is 0.394 e. The lowest BCUT2D eigenvalue weighted by molar-refractivity contribution is 0.0727. The van der Waals surface area contributed by atoms with Crippen LogP contribution in [0.4, 0.5) is 11.5 Å². The minimum absolute atomic E-state index is 0.298. The van der Waals surface area contributed by atoms with Crippen LogP contribution in [0.2, 0.25) is 0 Å². The maximum Gasteiger partial charge on any atom is 0.147 e. The summed E-state index contributed by atoms with van der Waals surface area (Å²) in [6.45, 7) is 2.78. The van der Waals surface area contributed by atoms with Gasteiger partial charge < -0.3 is 20.9 Å². The van der Waals surface area contributed by atoms with E-state index in [-0.39, 0.29) is 0 Å². The second kappa shape index (κ2) is 6.46. The van der Waals surface area contributed by atoms with Gasteiger partial charge in [0.15, 0.2) is 0 Å². The van der Waals surface area contributed by atoms with Crippen LogP contribution >= 0.6 is 0 Å². The van der Waals surface area contributed by atoms with E-state index in [1.54, 1.807) is 11.8 Å². The van der Waals surface area contributed by atoms with Crippen molar-refractivity contribution in [1.29, 1.82) is 0 Å². The Morgan fingerprint density at radius 2 is 2.29 bits per heavy atom. The molecule has 0 amide bonds. The Morgan fingerprint density at radius 1 is 1.59 bits per heavy atom. The number of nitrogen functional groups attached to an aromatic ring is 1. The molecule has 0 spiro atoms. The van der Waals surface area contributed by atoms with Crippen LogP contribution in [-0.4, -0.2) is 41.3 Å². The van der Waals surface area contributed by atoms with E-state index in [2.05, 4.69) is 17.3 Å². The Kier molecular flexibility index (Phi) is 5.24. The van der Waals surface area contributed by atoms with Crippen LogP contribution in [0.25, 0.3) is 0 Å². The first-order valence-electron chi connectivity index (χ1n) is 5.82. The number of nitrogens with one attached hydrogen (secondary N) is 1. The zero-order valence-corrected chi connectivity index (χ0v) is 10.7. The second-order valence-corrected chi connectivity index (χ2v) is 4.07. The number of hydrogen-bond acceptors (Lipinski definition) is 5. The number of ether oxygens (including phenoxy) is 1. The third kappa shape index (κ3) is 3.61. The third-order valence-electron chi connectivity index (χ3n) is 2.51. The molecule has 1 rings (SSSR count). The summed E-state index contributed by atoms with van der Waals surface area (Å²) in [6.07, 6.45) is 1.32. The van der Waals surface area contributed by atoms with Crippen molar-refractivity contribution in [2.24, 2.45) is 7.05 Å². The van der Waals surface area contributed by atoms with Gasteiger partial charge in [0.1, 0.15) is 5.82 Å². The molecule has 0 radical (unpaired) electrons. The van der Waals surface area contributed by atoms with E-state index in [4.69, 9.17) is 10.5 Å². The number of rotatable bonds is 7. The first-order chi connectivity index (χ1) is 8.10. The number of aryl methyl sites for hydroxylation is 2. The summed E-state index contributed by atoms with van der Waals surface area (Å²) in [5, 5.41) is 17.0. The Morgan fingerprint density at radius 3 is 2.88 bits per heavy atom. The van der Waals surface area contributed by atoms with E-state index in [0.717, 1.165) is 24.4 Å². The highest BCUT2D eigenvalue weighted by Crippen LogP contribution is 2.22. The lowest BCUT2D eigenvalue weighted by Gasteiger charge is -2.12. The van der Waals surface area contributed by atoms with Crippen LogP contribution in [0, 0.1) is 0 Å². The molecule has 6 nitrogen and oxygen atoms in total. The predicted molar refractivity (Wildman–Crippen MR) is 68.0 cm³/mol. The van der Waals surface area contributed by atoms with Crippen LogP contribution in [0.3, 0.4) is 0 Å². The van der Waals surface area contributed by atoms with Gasteiger partial charge in [0, 0.05) is 20.7 Å². The molecule has 98 valence electrons. The van der Waals surface area contributed by atoms with Crippen LogP contribution in [0.5, 0.6) is 0 Å².